The van der Waals surface area contributed by atoms with Crippen LogP contribution in [0.5, 0.6) is 0 Å². The van der Waals surface area contributed by atoms with Crippen molar-refractivity contribution in [2.45, 2.75) is 31.0 Å². The number of thioether (sulfide) groups is 1. The Hall–Kier alpha value is 0.940. The summed E-state index contributed by atoms with van der Waals surface area (Å²) in [6.07, 6.45) is -0.594. The summed E-state index contributed by atoms with van der Waals surface area (Å²) in [5.74, 6) is 0.348. The number of hydrogen-bond donors (Lipinski definition) is 1. The third-order valence-electron chi connectivity index (χ3n) is 2.21. The van der Waals surface area contributed by atoms with Crippen LogP contribution in [0.15, 0.2) is 4.90 Å². The van der Waals surface area contributed by atoms with Crippen molar-refractivity contribution in [2.75, 3.05) is 12.4 Å². The third-order valence-corrected chi connectivity index (χ3v) is 5.96. The molecule has 0 fully saturated rings. The van der Waals surface area contributed by atoms with E-state index in [0.29, 0.717) is 10.6 Å². The van der Waals surface area contributed by atoms with Crippen LogP contribution >= 0.6 is 69.8 Å². The summed E-state index contributed by atoms with van der Waals surface area (Å²) in [5.41, 5.74) is 0. The SMILES string of the molecule is CC(C)OCC(O)CSc1c(Cl)c(Cl)c(Cl)c(Cl)c1Cl. The maximum Gasteiger partial charge on any atom is 0.0867 e. The topological polar surface area (TPSA) is 29.5 Å². The minimum Gasteiger partial charge on any atom is -0.390 e. The second-order valence-corrected chi connectivity index (χ2v) is 7.17. The van der Waals surface area contributed by atoms with Crippen LogP contribution in [0.2, 0.25) is 25.1 Å². The zero-order valence-electron chi connectivity index (χ0n) is 10.7. The van der Waals surface area contributed by atoms with Crippen molar-refractivity contribution < 1.29 is 9.84 Å². The molecule has 20 heavy (non-hydrogen) atoms. The van der Waals surface area contributed by atoms with Crippen LogP contribution in [0, 0.1) is 0 Å². The van der Waals surface area contributed by atoms with Crippen LogP contribution in [0.4, 0.5) is 0 Å². The number of benzene rings is 1. The van der Waals surface area contributed by atoms with Gasteiger partial charge in [-0.25, -0.2) is 0 Å². The molecule has 2 nitrogen and oxygen atoms in total. The van der Waals surface area contributed by atoms with Gasteiger partial charge in [-0.3, -0.25) is 0 Å². The van der Waals surface area contributed by atoms with Gasteiger partial charge in [-0.05, 0) is 13.8 Å². The van der Waals surface area contributed by atoms with Gasteiger partial charge in [-0.2, -0.15) is 0 Å². The molecular formula is C12H13Cl5O2S. The molecule has 1 aromatic carbocycles. The minimum atomic E-state index is -0.650. The molecule has 1 unspecified atom stereocenters. The number of aliphatic hydroxyl groups excluding tert-OH is 1. The van der Waals surface area contributed by atoms with Crippen molar-refractivity contribution in [3.63, 3.8) is 0 Å². The standard InChI is InChI=1S/C12H13Cl5O2S/c1-5(2)19-3-6(18)4-20-12-10(16)8(14)7(13)9(15)11(12)17/h5-6,18H,3-4H2,1-2H3. The Morgan fingerprint density at radius 3 is 1.85 bits per heavy atom. The highest BCUT2D eigenvalue weighted by Gasteiger charge is 2.20. The van der Waals surface area contributed by atoms with Gasteiger partial charge in [-0.15, -0.1) is 11.8 Å². The molecule has 0 aromatic heterocycles. The number of ether oxygens (including phenoxy) is 1. The lowest BCUT2D eigenvalue weighted by Gasteiger charge is -2.15. The predicted molar refractivity (Wildman–Crippen MR) is 89.3 cm³/mol. The number of hydrogen-bond acceptors (Lipinski definition) is 3. The average molecular weight is 399 g/mol. The summed E-state index contributed by atoms with van der Waals surface area (Å²) < 4.78 is 5.32. The van der Waals surface area contributed by atoms with E-state index < -0.39 is 6.10 Å². The third kappa shape index (κ3) is 4.99. The molecule has 1 aromatic rings. The Morgan fingerprint density at radius 2 is 1.40 bits per heavy atom. The van der Waals surface area contributed by atoms with Gasteiger partial charge in [0.25, 0.3) is 0 Å². The van der Waals surface area contributed by atoms with Gasteiger partial charge < -0.3 is 9.84 Å². The van der Waals surface area contributed by atoms with Crippen LogP contribution < -0.4 is 0 Å². The Balaban J connectivity index is 2.78. The molecule has 0 spiro atoms. The Kier molecular flexibility index (Phi) is 8.11. The van der Waals surface area contributed by atoms with Crippen molar-refractivity contribution in [1.82, 2.24) is 0 Å². The van der Waals surface area contributed by atoms with Crippen molar-refractivity contribution in [3.8, 4) is 0 Å². The Bertz CT molecular complexity index is 452. The first-order valence-corrected chi connectivity index (χ1v) is 8.57. The van der Waals surface area contributed by atoms with E-state index in [9.17, 15) is 5.11 Å². The first-order chi connectivity index (χ1) is 9.25. The Labute approximate surface area is 147 Å². The first-order valence-electron chi connectivity index (χ1n) is 5.69. The fourth-order valence-electron chi connectivity index (χ4n) is 1.24. The molecule has 0 aliphatic heterocycles. The highest BCUT2D eigenvalue weighted by atomic mass is 35.5. The minimum absolute atomic E-state index is 0.0567. The summed E-state index contributed by atoms with van der Waals surface area (Å²) in [4.78, 5) is 0.497. The average Bonchev–Trinajstić information content (AvgIpc) is 2.40. The molecule has 0 saturated carbocycles. The van der Waals surface area contributed by atoms with Crippen molar-refractivity contribution in [1.29, 1.82) is 0 Å². The molecule has 8 heteroatoms. The monoisotopic (exact) mass is 396 g/mol. The highest BCUT2D eigenvalue weighted by molar-refractivity contribution is 7.99. The smallest absolute Gasteiger partial charge is 0.0867 e. The van der Waals surface area contributed by atoms with E-state index >= 15 is 0 Å². The van der Waals surface area contributed by atoms with Crippen LogP contribution in [-0.2, 0) is 4.74 Å². The second kappa shape index (κ2) is 8.54. The summed E-state index contributed by atoms with van der Waals surface area (Å²) in [6, 6.07) is 0. The summed E-state index contributed by atoms with van der Waals surface area (Å²) in [6.45, 7) is 4.02. The summed E-state index contributed by atoms with van der Waals surface area (Å²) >= 11 is 31.3. The van der Waals surface area contributed by atoms with Crippen LogP contribution in [-0.4, -0.2) is 29.7 Å². The van der Waals surface area contributed by atoms with Gasteiger partial charge in [-0.1, -0.05) is 58.0 Å². The van der Waals surface area contributed by atoms with Gasteiger partial charge in [0.1, 0.15) is 0 Å². The molecule has 1 atom stereocenters. The normalized spacial score (nSPS) is 13.1. The lowest BCUT2D eigenvalue weighted by Crippen LogP contribution is -2.20. The van der Waals surface area contributed by atoms with Crippen LogP contribution in [0.1, 0.15) is 13.8 Å². The fraction of sp³-hybridized carbons (Fsp3) is 0.500. The van der Waals surface area contributed by atoms with E-state index in [1.807, 2.05) is 13.8 Å². The molecule has 0 saturated heterocycles. The molecule has 0 aliphatic carbocycles. The van der Waals surface area contributed by atoms with Crippen molar-refractivity contribution >= 4 is 69.8 Å². The molecule has 1 rings (SSSR count). The van der Waals surface area contributed by atoms with E-state index in [0.717, 1.165) is 0 Å². The van der Waals surface area contributed by atoms with Crippen LogP contribution in [0.25, 0.3) is 0 Å². The van der Waals surface area contributed by atoms with Crippen LogP contribution in [0.3, 0.4) is 0 Å². The van der Waals surface area contributed by atoms with Gasteiger partial charge in [0.2, 0.25) is 0 Å². The maximum atomic E-state index is 9.81. The van der Waals surface area contributed by atoms with E-state index in [1.165, 1.54) is 11.8 Å². The summed E-state index contributed by atoms with van der Waals surface area (Å²) in [7, 11) is 0. The molecule has 0 amide bonds. The zero-order chi connectivity index (χ0) is 15.4. The predicted octanol–water partition coefficient (Wildman–Crippen LogP) is 5.83. The van der Waals surface area contributed by atoms with E-state index in [4.69, 9.17) is 62.7 Å². The van der Waals surface area contributed by atoms with Crippen molar-refractivity contribution in [2.24, 2.45) is 0 Å². The fourth-order valence-corrected chi connectivity index (χ4v) is 3.73. The molecule has 1 N–H and O–H groups in total. The molecular weight excluding hydrogens is 385 g/mol. The lowest BCUT2D eigenvalue weighted by molar-refractivity contribution is 0.0152. The lowest BCUT2D eigenvalue weighted by atomic mass is 10.3. The van der Waals surface area contributed by atoms with E-state index in [2.05, 4.69) is 0 Å². The first kappa shape index (κ1) is 19.0. The molecule has 0 radical (unpaired) electrons. The second-order valence-electron chi connectivity index (χ2n) is 4.25. The zero-order valence-corrected chi connectivity index (χ0v) is 15.3. The van der Waals surface area contributed by atoms with Gasteiger partial charge in [0, 0.05) is 10.6 Å². The van der Waals surface area contributed by atoms with Gasteiger partial charge in [0.05, 0.1) is 43.9 Å². The number of rotatable bonds is 6. The molecule has 0 heterocycles. The largest absolute Gasteiger partial charge is 0.390 e. The Morgan fingerprint density at radius 1 is 0.950 bits per heavy atom. The number of halogens is 5. The van der Waals surface area contributed by atoms with E-state index in [-0.39, 0.29) is 37.8 Å². The van der Waals surface area contributed by atoms with E-state index in [1.54, 1.807) is 0 Å². The highest BCUT2D eigenvalue weighted by Crippen LogP contribution is 2.47. The maximum absolute atomic E-state index is 9.81. The van der Waals surface area contributed by atoms with Gasteiger partial charge >= 0.3 is 0 Å². The van der Waals surface area contributed by atoms with Crippen molar-refractivity contribution in [3.05, 3.63) is 25.1 Å². The quantitative estimate of drug-likeness (QED) is 0.371. The number of aliphatic hydroxyl groups is 1. The van der Waals surface area contributed by atoms with Gasteiger partial charge in [0.15, 0.2) is 0 Å². The molecule has 0 bridgehead atoms. The molecule has 114 valence electrons. The summed E-state index contributed by atoms with van der Waals surface area (Å²) in [5, 5.41) is 10.7. The molecule has 0 aliphatic rings.